The monoisotopic (exact) mass is 232 g/mol. The number of aliphatic hydroxyl groups excluding tert-OH is 1. The minimum atomic E-state index is -0.637. The van der Waals surface area contributed by atoms with Gasteiger partial charge in [-0.3, -0.25) is 0 Å². The number of benzene rings is 1. The lowest BCUT2D eigenvalue weighted by Crippen LogP contribution is -1.98. The van der Waals surface area contributed by atoms with E-state index in [1.807, 2.05) is 38.1 Å². The molecule has 0 aliphatic heterocycles. The number of aliphatic hydroxyl groups is 1. The van der Waals surface area contributed by atoms with E-state index in [2.05, 4.69) is 10.1 Å². The largest absolute Gasteiger partial charge is 0.385 e. The van der Waals surface area contributed by atoms with Crippen molar-refractivity contribution in [2.45, 2.75) is 32.8 Å². The van der Waals surface area contributed by atoms with Crippen molar-refractivity contribution in [3.63, 3.8) is 0 Å². The molecular weight excluding hydrogens is 216 g/mol. The van der Waals surface area contributed by atoms with Crippen LogP contribution in [0, 0.1) is 6.92 Å². The maximum atomic E-state index is 9.75. The van der Waals surface area contributed by atoms with E-state index in [1.54, 1.807) is 0 Å². The van der Waals surface area contributed by atoms with Gasteiger partial charge in [0.05, 0.1) is 0 Å². The highest BCUT2D eigenvalue weighted by Gasteiger charge is 2.15. The Kier molecular flexibility index (Phi) is 3.54. The molecule has 90 valence electrons. The summed E-state index contributed by atoms with van der Waals surface area (Å²) >= 11 is 0. The van der Waals surface area contributed by atoms with E-state index in [4.69, 9.17) is 4.52 Å². The van der Waals surface area contributed by atoms with Crippen LogP contribution in [-0.2, 0) is 0 Å². The molecule has 17 heavy (non-hydrogen) atoms. The summed E-state index contributed by atoms with van der Waals surface area (Å²) in [5.74, 6) is 0.821. The highest BCUT2D eigenvalue weighted by molar-refractivity contribution is 5.53. The second kappa shape index (κ2) is 5.10. The van der Waals surface area contributed by atoms with Crippen LogP contribution >= 0.6 is 0 Å². The fourth-order valence-electron chi connectivity index (χ4n) is 1.67. The lowest BCUT2D eigenvalue weighted by atomic mass is 10.1. The van der Waals surface area contributed by atoms with Crippen LogP contribution in [0.4, 0.5) is 0 Å². The molecule has 0 saturated carbocycles. The van der Waals surface area contributed by atoms with Crippen molar-refractivity contribution < 1.29 is 9.63 Å². The van der Waals surface area contributed by atoms with Gasteiger partial charge in [-0.05, 0) is 25.5 Å². The van der Waals surface area contributed by atoms with Crippen LogP contribution in [0.2, 0.25) is 0 Å². The van der Waals surface area contributed by atoms with E-state index in [0.717, 1.165) is 17.5 Å². The molecule has 4 heteroatoms. The molecule has 1 aromatic carbocycles. The van der Waals surface area contributed by atoms with Gasteiger partial charge in [0, 0.05) is 5.56 Å². The Balaban J connectivity index is 2.23. The predicted molar refractivity (Wildman–Crippen MR) is 64.3 cm³/mol. The van der Waals surface area contributed by atoms with Crippen molar-refractivity contribution in [3.8, 4) is 11.5 Å². The highest BCUT2D eigenvalue weighted by Crippen LogP contribution is 2.21. The van der Waals surface area contributed by atoms with E-state index in [-0.39, 0.29) is 0 Å². The van der Waals surface area contributed by atoms with Crippen LogP contribution in [-0.4, -0.2) is 15.2 Å². The molecule has 0 spiro atoms. The summed E-state index contributed by atoms with van der Waals surface area (Å²) in [6.07, 6.45) is 0.893. The Labute approximate surface area is 100 Å². The highest BCUT2D eigenvalue weighted by atomic mass is 16.5. The van der Waals surface area contributed by atoms with Crippen LogP contribution in [0.25, 0.3) is 11.5 Å². The average Bonchev–Trinajstić information content (AvgIpc) is 2.78. The van der Waals surface area contributed by atoms with Crippen molar-refractivity contribution in [3.05, 3.63) is 35.7 Å². The Bertz CT molecular complexity index is 494. The molecule has 1 aromatic heterocycles. The Morgan fingerprint density at radius 3 is 2.94 bits per heavy atom. The average molecular weight is 232 g/mol. The molecule has 0 saturated heterocycles. The molecule has 2 rings (SSSR count). The van der Waals surface area contributed by atoms with Gasteiger partial charge in [0.1, 0.15) is 6.10 Å². The van der Waals surface area contributed by atoms with Crippen LogP contribution in [0.15, 0.2) is 28.8 Å². The van der Waals surface area contributed by atoms with Crippen molar-refractivity contribution >= 4 is 0 Å². The van der Waals surface area contributed by atoms with Crippen LogP contribution in [0.5, 0.6) is 0 Å². The van der Waals surface area contributed by atoms with Gasteiger partial charge < -0.3 is 9.63 Å². The van der Waals surface area contributed by atoms with Gasteiger partial charge in [-0.25, -0.2) is 0 Å². The van der Waals surface area contributed by atoms with Gasteiger partial charge in [-0.2, -0.15) is 4.98 Å². The molecule has 2 aromatic rings. The van der Waals surface area contributed by atoms with E-state index < -0.39 is 6.10 Å². The summed E-state index contributed by atoms with van der Waals surface area (Å²) < 4.78 is 5.15. The summed E-state index contributed by atoms with van der Waals surface area (Å²) in [5.41, 5.74) is 2.02. The van der Waals surface area contributed by atoms with Crippen molar-refractivity contribution in [2.24, 2.45) is 0 Å². The smallest absolute Gasteiger partial charge is 0.258 e. The summed E-state index contributed by atoms with van der Waals surface area (Å²) in [4.78, 5) is 4.21. The first-order valence-electron chi connectivity index (χ1n) is 5.79. The second-order valence-corrected chi connectivity index (χ2v) is 4.13. The minimum absolute atomic E-state index is 0.364. The number of rotatable bonds is 4. The van der Waals surface area contributed by atoms with Gasteiger partial charge in [0.2, 0.25) is 5.82 Å². The third-order valence-corrected chi connectivity index (χ3v) is 2.57. The Hall–Kier alpha value is -1.68. The zero-order valence-electron chi connectivity index (χ0n) is 10.1. The zero-order valence-corrected chi connectivity index (χ0v) is 10.1. The Morgan fingerprint density at radius 1 is 1.41 bits per heavy atom. The van der Waals surface area contributed by atoms with E-state index >= 15 is 0 Å². The van der Waals surface area contributed by atoms with E-state index in [9.17, 15) is 5.11 Å². The lowest BCUT2D eigenvalue weighted by molar-refractivity contribution is 0.153. The molecule has 0 aliphatic rings. The molecule has 0 amide bonds. The topological polar surface area (TPSA) is 59.2 Å². The molecule has 0 radical (unpaired) electrons. The quantitative estimate of drug-likeness (QED) is 0.880. The lowest BCUT2D eigenvalue weighted by Gasteiger charge is -2.01. The Morgan fingerprint density at radius 2 is 2.24 bits per heavy atom. The molecule has 1 unspecified atom stereocenters. The predicted octanol–water partition coefficient (Wildman–Crippen LogP) is 2.88. The maximum Gasteiger partial charge on any atom is 0.258 e. The number of aryl methyl sites for hydroxylation is 1. The molecule has 0 bridgehead atoms. The van der Waals surface area contributed by atoms with Crippen LogP contribution < -0.4 is 0 Å². The van der Waals surface area contributed by atoms with Gasteiger partial charge in [-0.15, -0.1) is 0 Å². The summed E-state index contributed by atoms with van der Waals surface area (Å²) in [7, 11) is 0. The number of hydrogen-bond donors (Lipinski definition) is 1. The standard InChI is InChI=1S/C13H16N2O2/c1-3-5-11(16)12-14-13(17-15-12)10-7-4-6-9(2)8-10/h4,6-8,11,16H,3,5H2,1-2H3. The fourth-order valence-corrected chi connectivity index (χ4v) is 1.67. The first-order valence-corrected chi connectivity index (χ1v) is 5.79. The molecule has 1 N–H and O–H groups in total. The molecular formula is C13H16N2O2. The maximum absolute atomic E-state index is 9.75. The molecule has 1 heterocycles. The zero-order chi connectivity index (χ0) is 12.3. The van der Waals surface area contributed by atoms with Gasteiger partial charge in [-0.1, -0.05) is 36.2 Å². The molecule has 0 fully saturated rings. The SMILES string of the molecule is CCCC(O)c1noc(-c2cccc(C)c2)n1. The molecule has 1 atom stereocenters. The summed E-state index contributed by atoms with van der Waals surface area (Å²) in [6, 6.07) is 7.84. The van der Waals surface area contributed by atoms with E-state index in [1.165, 1.54) is 0 Å². The normalized spacial score (nSPS) is 12.6. The van der Waals surface area contributed by atoms with Crippen molar-refractivity contribution in [1.29, 1.82) is 0 Å². The number of aromatic nitrogens is 2. The van der Waals surface area contributed by atoms with Crippen molar-refractivity contribution in [2.75, 3.05) is 0 Å². The minimum Gasteiger partial charge on any atom is -0.385 e. The van der Waals surface area contributed by atoms with Gasteiger partial charge in [0.15, 0.2) is 0 Å². The third kappa shape index (κ3) is 2.71. The first kappa shape index (κ1) is 11.8. The summed E-state index contributed by atoms with van der Waals surface area (Å²) in [5, 5.41) is 13.6. The van der Waals surface area contributed by atoms with E-state index in [0.29, 0.717) is 18.1 Å². The van der Waals surface area contributed by atoms with Gasteiger partial charge >= 0.3 is 0 Å². The van der Waals surface area contributed by atoms with Crippen LogP contribution in [0.3, 0.4) is 0 Å². The summed E-state index contributed by atoms with van der Waals surface area (Å²) in [6.45, 7) is 4.01. The second-order valence-electron chi connectivity index (χ2n) is 4.13. The fraction of sp³-hybridized carbons (Fsp3) is 0.385. The third-order valence-electron chi connectivity index (χ3n) is 2.57. The first-order chi connectivity index (χ1) is 8.20. The number of hydrogen-bond acceptors (Lipinski definition) is 4. The van der Waals surface area contributed by atoms with Crippen LogP contribution in [0.1, 0.15) is 37.3 Å². The number of nitrogens with zero attached hydrogens (tertiary/aromatic N) is 2. The van der Waals surface area contributed by atoms with Gasteiger partial charge in [0.25, 0.3) is 5.89 Å². The molecule has 0 aliphatic carbocycles. The molecule has 4 nitrogen and oxygen atoms in total. The van der Waals surface area contributed by atoms with Crippen molar-refractivity contribution in [1.82, 2.24) is 10.1 Å².